The summed E-state index contributed by atoms with van der Waals surface area (Å²) in [5.74, 6) is 0.0810. The van der Waals surface area contributed by atoms with Crippen LogP contribution in [0.5, 0.6) is 5.75 Å². The second kappa shape index (κ2) is 5.61. The minimum atomic E-state index is -1.04. The van der Waals surface area contributed by atoms with Crippen LogP contribution in [0.2, 0.25) is 5.02 Å². The van der Waals surface area contributed by atoms with Gasteiger partial charge in [0.15, 0.2) is 0 Å². The van der Waals surface area contributed by atoms with Gasteiger partial charge in [-0.05, 0) is 43.7 Å². The highest BCUT2D eigenvalue weighted by molar-refractivity contribution is 6.33. The lowest BCUT2D eigenvalue weighted by Gasteiger charge is -2.27. The number of carboxylic acids is 1. The van der Waals surface area contributed by atoms with E-state index in [9.17, 15) is 4.79 Å². The van der Waals surface area contributed by atoms with Gasteiger partial charge in [-0.1, -0.05) is 24.6 Å². The highest BCUT2D eigenvalue weighted by Crippen LogP contribution is 2.31. The van der Waals surface area contributed by atoms with Crippen molar-refractivity contribution in [2.75, 3.05) is 0 Å². The maximum Gasteiger partial charge on any atom is 0.341 e. The number of ether oxygens (including phenoxy) is 1. The summed E-state index contributed by atoms with van der Waals surface area (Å²) in [6, 6.07) is 4.96. The van der Waals surface area contributed by atoms with Gasteiger partial charge in [0, 0.05) is 0 Å². The molecule has 0 unspecified atom stereocenters. The van der Waals surface area contributed by atoms with Crippen molar-refractivity contribution in [3.8, 4) is 5.75 Å². The Morgan fingerprint density at radius 1 is 1.33 bits per heavy atom. The lowest BCUT2D eigenvalue weighted by Crippen LogP contribution is -2.23. The first-order valence-corrected chi connectivity index (χ1v) is 6.64. The molecule has 0 saturated heterocycles. The molecule has 1 aromatic rings. The van der Waals surface area contributed by atoms with E-state index in [2.05, 4.69) is 6.92 Å². The Morgan fingerprint density at radius 2 is 2.00 bits per heavy atom. The van der Waals surface area contributed by atoms with Crippen LogP contribution in [0, 0.1) is 5.92 Å². The first kappa shape index (κ1) is 13.2. The van der Waals surface area contributed by atoms with Crippen LogP contribution in [0.4, 0.5) is 0 Å². The molecule has 1 aliphatic carbocycles. The third kappa shape index (κ3) is 2.96. The number of carboxylic acid groups (broad SMARTS) is 1. The number of rotatable bonds is 3. The van der Waals surface area contributed by atoms with Crippen LogP contribution in [0.25, 0.3) is 0 Å². The fraction of sp³-hybridized carbons (Fsp3) is 0.500. The lowest BCUT2D eigenvalue weighted by molar-refractivity contribution is 0.0684. The molecule has 0 aromatic heterocycles. The molecule has 4 heteroatoms. The molecular formula is C14H17ClO3. The number of aromatic carboxylic acids is 1. The van der Waals surface area contributed by atoms with Gasteiger partial charge < -0.3 is 9.84 Å². The summed E-state index contributed by atoms with van der Waals surface area (Å²) in [6.45, 7) is 2.23. The summed E-state index contributed by atoms with van der Waals surface area (Å²) in [7, 11) is 0. The van der Waals surface area contributed by atoms with Gasteiger partial charge in [-0.25, -0.2) is 4.79 Å². The molecule has 1 aliphatic rings. The zero-order valence-corrected chi connectivity index (χ0v) is 11.1. The second-order valence-corrected chi connectivity index (χ2v) is 5.33. The normalized spacial score (nSPS) is 23.7. The van der Waals surface area contributed by atoms with Crippen molar-refractivity contribution in [2.24, 2.45) is 5.92 Å². The molecule has 0 aliphatic heterocycles. The highest BCUT2D eigenvalue weighted by Gasteiger charge is 2.22. The van der Waals surface area contributed by atoms with E-state index >= 15 is 0 Å². The van der Waals surface area contributed by atoms with Crippen LogP contribution in [-0.4, -0.2) is 17.2 Å². The van der Waals surface area contributed by atoms with E-state index in [1.54, 1.807) is 18.2 Å². The topological polar surface area (TPSA) is 46.5 Å². The minimum Gasteiger partial charge on any atom is -0.489 e. The fourth-order valence-corrected chi connectivity index (χ4v) is 2.58. The summed E-state index contributed by atoms with van der Waals surface area (Å²) in [6.07, 6.45) is 4.33. The first-order chi connectivity index (χ1) is 8.58. The molecule has 0 radical (unpaired) electrons. The third-order valence-electron chi connectivity index (χ3n) is 3.45. The number of hydrogen-bond donors (Lipinski definition) is 1. The van der Waals surface area contributed by atoms with Gasteiger partial charge in [0.1, 0.15) is 11.3 Å². The summed E-state index contributed by atoms with van der Waals surface area (Å²) in [5, 5.41) is 9.38. The monoisotopic (exact) mass is 268 g/mol. The van der Waals surface area contributed by atoms with E-state index in [4.69, 9.17) is 21.4 Å². The summed E-state index contributed by atoms with van der Waals surface area (Å²) >= 11 is 5.90. The van der Waals surface area contributed by atoms with Gasteiger partial charge in [-0.3, -0.25) is 0 Å². The molecule has 0 spiro atoms. The maximum absolute atomic E-state index is 11.2. The zero-order valence-electron chi connectivity index (χ0n) is 10.4. The molecule has 98 valence electrons. The first-order valence-electron chi connectivity index (χ1n) is 6.26. The molecule has 18 heavy (non-hydrogen) atoms. The maximum atomic E-state index is 11.2. The smallest absolute Gasteiger partial charge is 0.341 e. The molecule has 0 bridgehead atoms. The van der Waals surface area contributed by atoms with Gasteiger partial charge in [-0.15, -0.1) is 0 Å². The molecule has 1 aromatic carbocycles. The molecule has 1 fully saturated rings. The predicted molar refractivity (Wildman–Crippen MR) is 70.5 cm³/mol. The Bertz CT molecular complexity index is 437. The molecule has 1 N–H and O–H groups in total. The Balaban J connectivity index is 2.14. The number of hydrogen-bond acceptors (Lipinski definition) is 2. The van der Waals surface area contributed by atoms with E-state index in [-0.39, 0.29) is 16.7 Å². The van der Waals surface area contributed by atoms with Crippen LogP contribution in [-0.2, 0) is 0 Å². The van der Waals surface area contributed by atoms with E-state index in [0.717, 1.165) is 31.6 Å². The molecule has 1 saturated carbocycles. The fourth-order valence-electron chi connectivity index (χ4n) is 2.34. The van der Waals surface area contributed by atoms with Crippen molar-refractivity contribution in [1.29, 1.82) is 0 Å². The SMILES string of the molecule is CC1CCC(Oc2cccc(Cl)c2C(=O)O)CC1. The summed E-state index contributed by atoms with van der Waals surface area (Å²) < 4.78 is 5.81. The number of halogens is 1. The van der Waals surface area contributed by atoms with Crippen LogP contribution in [0.1, 0.15) is 43.0 Å². The lowest BCUT2D eigenvalue weighted by atomic mass is 9.89. The van der Waals surface area contributed by atoms with Gasteiger partial charge in [0.2, 0.25) is 0 Å². The zero-order chi connectivity index (χ0) is 13.1. The Hall–Kier alpha value is -1.22. The van der Waals surface area contributed by atoms with Gasteiger partial charge in [0.25, 0.3) is 0 Å². The summed E-state index contributed by atoms with van der Waals surface area (Å²) in [4.78, 5) is 11.2. The average molecular weight is 269 g/mol. The standard InChI is InChI=1S/C14H17ClO3/c1-9-5-7-10(8-6-9)18-12-4-2-3-11(15)13(12)14(16)17/h2-4,9-10H,5-8H2,1H3,(H,16,17). The minimum absolute atomic E-state index is 0.0674. The molecule has 0 heterocycles. The van der Waals surface area contributed by atoms with Crippen molar-refractivity contribution < 1.29 is 14.6 Å². The Morgan fingerprint density at radius 3 is 2.61 bits per heavy atom. The van der Waals surface area contributed by atoms with Crippen molar-refractivity contribution >= 4 is 17.6 Å². The van der Waals surface area contributed by atoms with Crippen LogP contribution in [0.3, 0.4) is 0 Å². The third-order valence-corrected chi connectivity index (χ3v) is 3.76. The second-order valence-electron chi connectivity index (χ2n) is 4.92. The van der Waals surface area contributed by atoms with Crippen molar-refractivity contribution in [3.05, 3.63) is 28.8 Å². The predicted octanol–water partition coefficient (Wildman–Crippen LogP) is 4.00. The summed E-state index contributed by atoms with van der Waals surface area (Å²) in [5.41, 5.74) is 0.0674. The van der Waals surface area contributed by atoms with Gasteiger partial charge in [-0.2, -0.15) is 0 Å². The highest BCUT2D eigenvalue weighted by atomic mass is 35.5. The van der Waals surface area contributed by atoms with E-state index in [1.807, 2.05) is 0 Å². The van der Waals surface area contributed by atoms with E-state index in [0.29, 0.717) is 5.75 Å². The van der Waals surface area contributed by atoms with Crippen LogP contribution >= 0.6 is 11.6 Å². The van der Waals surface area contributed by atoms with Gasteiger partial charge in [0.05, 0.1) is 11.1 Å². The Labute approximate surface area is 112 Å². The van der Waals surface area contributed by atoms with Crippen LogP contribution < -0.4 is 4.74 Å². The number of carbonyl (C=O) groups is 1. The van der Waals surface area contributed by atoms with E-state index < -0.39 is 5.97 Å². The molecule has 2 rings (SSSR count). The molecule has 0 amide bonds. The van der Waals surface area contributed by atoms with Gasteiger partial charge >= 0.3 is 5.97 Å². The Kier molecular flexibility index (Phi) is 4.12. The largest absolute Gasteiger partial charge is 0.489 e. The molecule has 3 nitrogen and oxygen atoms in total. The molecular weight excluding hydrogens is 252 g/mol. The average Bonchev–Trinajstić information content (AvgIpc) is 2.32. The van der Waals surface area contributed by atoms with Crippen molar-refractivity contribution in [1.82, 2.24) is 0 Å². The quantitative estimate of drug-likeness (QED) is 0.901. The number of benzene rings is 1. The van der Waals surface area contributed by atoms with Crippen molar-refractivity contribution in [3.63, 3.8) is 0 Å². The van der Waals surface area contributed by atoms with Crippen molar-refractivity contribution in [2.45, 2.75) is 38.7 Å². The molecule has 0 atom stereocenters. The van der Waals surface area contributed by atoms with Crippen LogP contribution in [0.15, 0.2) is 18.2 Å². The van der Waals surface area contributed by atoms with E-state index in [1.165, 1.54) is 0 Å².